The van der Waals surface area contributed by atoms with E-state index in [1.165, 1.54) is 6.07 Å². The molecular weight excluding hydrogens is 332 g/mol. The molecule has 26 heavy (non-hydrogen) atoms. The summed E-state index contributed by atoms with van der Waals surface area (Å²) in [6.07, 6.45) is 2.25. The monoisotopic (exact) mass is 352 g/mol. The van der Waals surface area contributed by atoms with E-state index in [9.17, 15) is 9.59 Å². The number of ether oxygens (including phenoxy) is 1. The number of benzene rings is 1. The molecule has 2 aromatic heterocycles. The Hall–Kier alpha value is -3.09. The molecule has 0 saturated carbocycles. The van der Waals surface area contributed by atoms with Crippen LogP contribution in [0.5, 0.6) is 5.75 Å². The van der Waals surface area contributed by atoms with Crippen molar-refractivity contribution in [2.75, 3.05) is 13.1 Å². The minimum absolute atomic E-state index is 0.0206. The van der Waals surface area contributed by atoms with Gasteiger partial charge in [-0.1, -0.05) is 0 Å². The zero-order valence-electron chi connectivity index (χ0n) is 14.7. The molecule has 1 N–H and O–H groups in total. The summed E-state index contributed by atoms with van der Waals surface area (Å²) in [5, 5.41) is 0. The van der Waals surface area contributed by atoms with Crippen LogP contribution in [0.25, 0.3) is 11.0 Å². The van der Waals surface area contributed by atoms with Crippen molar-refractivity contribution in [3.05, 3.63) is 58.3 Å². The number of aromatic amines is 1. The van der Waals surface area contributed by atoms with Gasteiger partial charge in [-0.2, -0.15) is 0 Å². The third-order valence-corrected chi connectivity index (χ3v) is 4.88. The molecule has 1 fully saturated rings. The molecule has 4 rings (SSSR count). The molecule has 0 bridgehead atoms. The van der Waals surface area contributed by atoms with Gasteiger partial charge in [-0.3, -0.25) is 9.59 Å². The standard InChI is InChI=1S/C19H20N4O3/c1-12-7-15(9-18(24)22(12)2)26-14-5-6-23(10-14)19(25)13-3-4-16-17(8-13)21-11-20-16/h3-4,7-9,11,14H,5-6,10H2,1-2H3,(H,20,21). The average molecular weight is 352 g/mol. The first-order chi connectivity index (χ1) is 12.5. The fourth-order valence-electron chi connectivity index (χ4n) is 3.26. The number of aryl methyl sites for hydroxylation is 1. The summed E-state index contributed by atoms with van der Waals surface area (Å²) in [4.78, 5) is 33.6. The van der Waals surface area contributed by atoms with Gasteiger partial charge in [-0.05, 0) is 31.2 Å². The fourth-order valence-corrected chi connectivity index (χ4v) is 3.26. The summed E-state index contributed by atoms with van der Waals surface area (Å²) >= 11 is 0. The van der Waals surface area contributed by atoms with Crippen molar-refractivity contribution in [1.29, 1.82) is 0 Å². The van der Waals surface area contributed by atoms with E-state index in [1.54, 1.807) is 28.9 Å². The number of aromatic nitrogens is 3. The minimum atomic E-state index is -0.110. The van der Waals surface area contributed by atoms with Crippen molar-refractivity contribution < 1.29 is 9.53 Å². The number of H-pyrrole nitrogens is 1. The van der Waals surface area contributed by atoms with E-state index in [2.05, 4.69) is 9.97 Å². The molecule has 1 aromatic carbocycles. The molecule has 0 aliphatic carbocycles. The molecule has 0 spiro atoms. The predicted molar refractivity (Wildman–Crippen MR) is 97.5 cm³/mol. The van der Waals surface area contributed by atoms with Crippen molar-refractivity contribution >= 4 is 16.9 Å². The highest BCUT2D eigenvalue weighted by Crippen LogP contribution is 2.21. The average Bonchev–Trinajstić information content (AvgIpc) is 3.27. The molecule has 7 nitrogen and oxygen atoms in total. The number of likely N-dealkylation sites (tertiary alicyclic amines) is 1. The van der Waals surface area contributed by atoms with Crippen molar-refractivity contribution in [3.63, 3.8) is 0 Å². The molecule has 1 unspecified atom stereocenters. The van der Waals surface area contributed by atoms with Crippen LogP contribution in [-0.2, 0) is 7.05 Å². The Kier molecular flexibility index (Phi) is 3.99. The maximum absolute atomic E-state index is 12.7. The molecule has 134 valence electrons. The van der Waals surface area contributed by atoms with Crippen LogP contribution >= 0.6 is 0 Å². The zero-order valence-corrected chi connectivity index (χ0v) is 14.7. The molecule has 3 aromatic rings. The lowest BCUT2D eigenvalue weighted by atomic mass is 10.2. The fraction of sp³-hybridized carbons (Fsp3) is 0.316. The Balaban J connectivity index is 1.46. The van der Waals surface area contributed by atoms with E-state index < -0.39 is 0 Å². The van der Waals surface area contributed by atoms with Gasteiger partial charge >= 0.3 is 0 Å². The number of carbonyl (C=O) groups excluding carboxylic acids is 1. The summed E-state index contributed by atoms with van der Waals surface area (Å²) in [5.74, 6) is 0.538. The third kappa shape index (κ3) is 2.96. The topological polar surface area (TPSA) is 80.2 Å². The molecule has 1 atom stereocenters. The lowest BCUT2D eigenvalue weighted by molar-refractivity contribution is 0.0772. The van der Waals surface area contributed by atoms with E-state index >= 15 is 0 Å². The van der Waals surface area contributed by atoms with Gasteiger partial charge in [0.05, 0.1) is 23.9 Å². The van der Waals surface area contributed by atoms with Crippen molar-refractivity contribution in [3.8, 4) is 5.75 Å². The van der Waals surface area contributed by atoms with Gasteiger partial charge in [0.15, 0.2) is 0 Å². The first kappa shape index (κ1) is 16.4. The summed E-state index contributed by atoms with van der Waals surface area (Å²) in [5.41, 5.74) is 3.06. The number of hydrogen-bond acceptors (Lipinski definition) is 4. The van der Waals surface area contributed by atoms with Gasteiger partial charge in [0.1, 0.15) is 11.9 Å². The quantitative estimate of drug-likeness (QED) is 0.780. The second-order valence-electron chi connectivity index (χ2n) is 6.64. The summed E-state index contributed by atoms with van der Waals surface area (Å²) in [6, 6.07) is 8.79. The first-order valence-corrected chi connectivity index (χ1v) is 8.58. The summed E-state index contributed by atoms with van der Waals surface area (Å²) in [7, 11) is 1.73. The molecule has 1 amide bonds. The van der Waals surface area contributed by atoms with Gasteiger partial charge in [0, 0.05) is 37.3 Å². The van der Waals surface area contributed by atoms with Gasteiger partial charge in [-0.15, -0.1) is 0 Å². The first-order valence-electron chi connectivity index (χ1n) is 8.58. The Bertz CT molecular complexity index is 1040. The van der Waals surface area contributed by atoms with Crippen LogP contribution < -0.4 is 10.3 Å². The second-order valence-corrected chi connectivity index (χ2v) is 6.64. The normalized spacial score (nSPS) is 17.0. The Morgan fingerprint density at radius 2 is 2.15 bits per heavy atom. The SMILES string of the molecule is Cc1cc(OC2CCN(C(=O)c3ccc4nc[nH]c4c3)C2)cc(=O)n1C. The van der Waals surface area contributed by atoms with Crippen LogP contribution in [0.2, 0.25) is 0 Å². The van der Waals surface area contributed by atoms with Crippen LogP contribution in [0.1, 0.15) is 22.5 Å². The number of rotatable bonds is 3. The van der Waals surface area contributed by atoms with Crippen LogP contribution in [0, 0.1) is 6.92 Å². The highest BCUT2D eigenvalue weighted by atomic mass is 16.5. The van der Waals surface area contributed by atoms with E-state index in [0.717, 1.165) is 23.1 Å². The smallest absolute Gasteiger partial charge is 0.254 e. The summed E-state index contributed by atoms with van der Waals surface area (Å²) < 4.78 is 7.52. The summed E-state index contributed by atoms with van der Waals surface area (Å²) in [6.45, 7) is 3.01. The van der Waals surface area contributed by atoms with E-state index in [1.807, 2.05) is 25.1 Å². The molecule has 1 aliphatic rings. The lowest BCUT2D eigenvalue weighted by Gasteiger charge is -2.18. The molecule has 3 heterocycles. The number of imidazole rings is 1. The van der Waals surface area contributed by atoms with Crippen LogP contribution in [0.15, 0.2) is 41.5 Å². The van der Waals surface area contributed by atoms with Crippen molar-refractivity contribution in [2.45, 2.75) is 19.4 Å². The molecular formula is C19H20N4O3. The maximum Gasteiger partial charge on any atom is 0.254 e. The van der Waals surface area contributed by atoms with Crippen molar-refractivity contribution in [2.24, 2.45) is 7.05 Å². The highest BCUT2D eigenvalue weighted by molar-refractivity contribution is 5.97. The number of carbonyl (C=O) groups is 1. The highest BCUT2D eigenvalue weighted by Gasteiger charge is 2.28. The van der Waals surface area contributed by atoms with Crippen LogP contribution in [0.4, 0.5) is 0 Å². The van der Waals surface area contributed by atoms with Gasteiger partial charge in [-0.25, -0.2) is 4.98 Å². The molecule has 1 aliphatic heterocycles. The van der Waals surface area contributed by atoms with Gasteiger partial charge < -0.3 is 19.2 Å². The molecule has 7 heteroatoms. The maximum atomic E-state index is 12.7. The number of amides is 1. The number of nitrogens with zero attached hydrogens (tertiary/aromatic N) is 3. The van der Waals surface area contributed by atoms with Crippen molar-refractivity contribution in [1.82, 2.24) is 19.4 Å². The Morgan fingerprint density at radius 1 is 1.31 bits per heavy atom. The number of fused-ring (bicyclic) bond motifs is 1. The third-order valence-electron chi connectivity index (χ3n) is 4.88. The number of hydrogen-bond donors (Lipinski definition) is 1. The molecule has 1 saturated heterocycles. The number of pyridine rings is 1. The molecule has 0 radical (unpaired) electrons. The second kappa shape index (κ2) is 6.33. The Labute approximate surface area is 150 Å². The number of nitrogens with one attached hydrogen (secondary N) is 1. The predicted octanol–water partition coefficient (Wildman–Crippen LogP) is 1.86. The van der Waals surface area contributed by atoms with E-state index in [4.69, 9.17) is 4.74 Å². The zero-order chi connectivity index (χ0) is 18.3. The lowest BCUT2D eigenvalue weighted by Crippen LogP contribution is -2.31. The van der Waals surface area contributed by atoms with Gasteiger partial charge in [0.2, 0.25) is 0 Å². The Morgan fingerprint density at radius 3 is 2.96 bits per heavy atom. The van der Waals surface area contributed by atoms with E-state index in [0.29, 0.717) is 24.4 Å². The minimum Gasteiger partial charge on any atom is -0.488 e. The largest absolute Gasteiger partial charge is 0.488 e. The van der Waals surface area contributed by atoms with Crippen LogP contribution in [0.3, 0.4) is 0 Å². The van der Waals surface area contributed by atoms with Gasteiger partial charge in [0.25, 0.3) is 11.5 Å². The van der Waals surface area contributed by atoms with E-state index in [-0.39, 0.29) is 17.6 Å². The van der Waals surface area contributed by atoms with Crippen LogP contribution in [-0.4, -0.2) is 44.5 Å².